The van der Waals surface area contributed by atoms with Gasteiger partial charge in [-0.2, -0.15) is 0 Å². The van der Waals surface area contributed by atoms with E-state index in [-0.39, 0.29) is 0 Å². The van der Waals surface area contributed by atoms with Crippen molar-refractivity contribution >= 4 is 17.0 Å². The van der Waals surface area contributed by atoms with E-state index in [2.05, 4.69) is 43.4 Å². The lowest BCUT2D eigenvalue weighted by atomic mass is 10.1. The third-order valence-corrected chi connectivity index (χ3v) is 3.29. The summed E-state index contributed by atoms with van der Waals surface area (Å²) in [5.41, 5.74) is 3.77. The zero-order chi connectivity index (χ0) is 16.8. The van der Waals surface area contributed by atoms with Crippen molar-refractivity contribution in [2.24, 2.45) is 0 Å². The number of anilines is 1. The third kappa shape index (κ3) is 3.12. The van der Waals surface area contributed by atoms with Crippen LogP contribution in [0.3, 0.4) is 0 Å². The van der Waals surface area contributed by atoms with Crippen LogP contribution in [0.4, 0.5) is 5.82 Å². The van der Waals surface area contributed by atoms with E-state index in [4.69, 9.17) is 0 Å². The maximum absolute atomic E-state index is 4.42. The zero-order valence-electron chi connectivity index (χ0n) is 13.0. The first-order valence-corrected chi connectivity index (χ1v) is 7.32. The molecule has 0 atom stereocenters. The molecule has 2 N–H and O–H groups in total. The highest BCUT2D eigenvalue weighted by Gasteiger charge is 2.13. The van der Waals surface area contributed by atoms with E-state index in [9.17, 15) is 0 Å². The quantitative estimate of drug-likeness (QED) is 0.679. The Morgan fingerprint density at radius 3 is 2.88 bits per heavy atom. The first-order chi connectivity index (χ1) is 11.8. The average molecular weight is 316 g/mol. The highest BCUT2D eigenvalue weighted by molar-refractivity contribution is 5.90. The second-order valence-electron chi connectivity index (χ2n) is 4.79. The van der Waals surface area contributed by atoms with Gasteiger partial charge in [0, 0.05) is 17.5 Å². The molecule has 0 saturated carbocycles. The van der Waals surface area contributed by atoms with Gasteiger partial charge < -0.3 is 10.3 Å². The zero-order valence-corrected chi connectivity index (χ0v) is 13.0. The molecule has 0 spiro atoms. The molecule has 0 aromatic carbocycles. The van der Waals surface area contributed by atoms with Crippen molar-refractivity contribution < 1.29 is 0 Å². The van der Waals surface area contributed by atoms with E-state index < -0.39 is 0 Å². The predicted molar refractivity (Wildman–Crippen MR) is 96.2 cm³/mol. The van der Waals surface area contributed by atoms with Gasteiger partial charge in [0.15, 0.2) is 5.65 Å². The molecule has 3 aromatic heterocycles. The van der Waals surface area contributed by atoms with Crippen molar-refractivity contribution in [3.63, 3.8) is 0 Å². The van der Waals surface area contributed by atoms with Crippen molar-refractivity contribution in [1.82, 2.24) is 24.9 Å². The Hall–Kier alpha value is -3.54. The molecule has 0 aliphatic heterocycles. The van der Waals surface area contributed by atoms with Gasteiger partial charge in [0.25, 0.3) is 0 Å². The number of hydrogen-bond acceptors (Lipinski definition) is 5. The number of rotatable bonds is 6. The number of allylic oxidation sites excluding steroid dienone is 5. The van der Waals surface area contributed by atoms with Crippen molar-refractivity contribution in [2.45, 2.75) is 0 Å². The Labute approximate surface area is 139 Å². The van der Waals surface area contributed by atoms with Crippen LogP contribution in [-0.4, -0.2) is 24.9 Å². The van der Waals surface area contributed by atoms with E-state index in [1.54, 1.807) is 24.7 Å². The molecule has 0 saturated heterocycles. The van der Waals surface area contributed by atoms with Gasteiger partial charge >= 0.3 is 0 Å². The summed E-state index contributed by atoms with van der Waals surface area (Å²) >= 11 is 0. The number of nitrogens with zero attached hydrogens (tertiary/aromatic N) is 4. The number of hydrogen-bond donors (Lipinski definition) is 2. The van der Waals surface area contributed by atoms with E-state index in [1.807, 2.05) is 30.4 Å². The first-order valence-electron chi connectivity index (χ1n) is 7.32. The predicted octanol–water partition coefficient (Wildman–Crippen LogP) is 3.64. The van der Waals surface area contributed by atoms with E-state index in [1.165, 1.54) is 6.33 Å². The Bertz CT molecular complexity index is 935. The van der Waals surface area contributed by atoms with E-state index >= 15 is 0 Å². The number of aromatic amines is 1. The molecule has 0 bridgehead atoms. The minimum atomic E-state index is 0.614. The summed E-state index contributed by atoms with van der Waals surface area (Å²) in [6, 6.07) is 3.80. The van der Waals surface area contributed by atoms with Crippen LogP contribution in [-0.2, 0) is 0 Å². The molecule has 3 heterocycles. The maximum Gasteiger partial charge on any atom is 0.181 e. The van der Waals surface area contributed by atoms with Crippen molar-refractivity contribution in [3.05, 3.63) is 80.2 Å². The van der Waals surface area contributed by atoms with Crippen molar-refractivity contribution in [1.29, 1.82) is 0 Å². The molecule has 118 valence electrons. The van der Waals surface area contributed by atoms with Gasteiger partial charge in [-0.1, -0.05) is 31.4 Å². The number of aromatic nitrogens is 5. The maximum atomic E-state index is 4.42. The van der Waals surface area contributed by atoms with Gasteiger partial charge in [0.1, 0.15) is 23.4 Å². The number of pyridine rings is 1. The van der Waals surface area contributed by atoms with Crippen LogP contribution in [0.1, 0.15) is 0 Å². The molecule has 0 unspecified atom stereocenters. The molecule has 0 aliphatic rings. The summed E-state index contributed by atoms with van der Waals surface area (Å²) in [6.07, 6.45) is 13.8. The molecule has 0 amide bonds. The molecule has 6 nitrogen and oxygen atoms in total. The van der Waals surface area contributed by atoms with Crippen LogP contribution in [0.25, 0.3) is 22.4 Å². The average Bonchev–Trinajstić information content (AvgIpc) is 3.10. The fourth-order valence-corrected chi connectivity index (χ4v) is 2.20. The number of imidazole rings is 1. The highest BCUT2D eigenvalue weighted by Crippen LogP contribution is 2.29. The van der Waals surface area contributed by atoms with Gasteiger partial charge in [-0.15, -0.1) is 0 Å². The molecular formula is C18H16N6. The van der Waals surface area contributed by atoms with Gasteiger partial charge in [-0.3, -0.25) is 0 Å². The van der Waals surface area contributed by atoms with E-state index in [0.29, 0.717) is 11.5 Å². The topological polar surface area (TPSA) is 79.4 Å². The molecule has 0 radical (unpaired) electrons. The van der Waals surface area contributed by atoms with Crippen LogP contribution in [0.5, 0.6) is 0 Å². The Morgan fingerprint density at radius 1 is 1.12 bits per heavy atom. The van der Waals surface area contributed by atoms with Crippen molar-refractivity contribution in [2.75, 3.05) is 5.32 Å². The summed E-state index contributed by atoms with van der Waals surface area (Å²) in [6.45, 7) is 7.47. The molecule has 6 heteroatoms. The Kier molecular flexibility index (Phi) is 4.57. The second-order valence-corrected chi connectivity index (χ2v) is 4.79. The molecular weight excluding hydrogens is 300 g/mol. The molecule has 0 fully saturated rings. The number of fused-ring (bicyclic) bond motifs is 1. The van der Waals surface area contributed by atoms with Crippen LogP contribution in [0.15, 0.2) is 80.2 Å². The molecule has 3 aromatic rings. The molecule has 0 aliphatic carbocycles. The van der Waals surface area contributed by atoms with Crippen LogP contribution in [0, 0.1) is 0 Å². The fourth-order valence-electron chi connectivity index (χ4n) is 2.20. The van der Waals surface area contributed by atoms with Gasteiger partial charge in [0.05, 0.1) is 6.33 Å². The summed E-state index contributed by atoms with van der Waals surface area (Å²) < 4.78 is 0. The second kappa shape index (κ2) is 7.15. The highest BCUT2D eigenvalue weighted by atomic mass is 15.0. The number of nitrogens with one attached hydrogen (secondary N) is 2. The Morgan fingerprint density at radius 2 is 2.04 bits per heavy atom. The SMILES string of the molecule is C=C/C=C\C=C(/C=C)Nc1ncccc1-c1ncnc2nc[nH]c12. The van der Waals surface area contributed by atoms with Crippen LogP contribution < -0.4 is 5.32 Å². The minimum Gasteiger partial charge on any atom is -0.341 e. The summed E-state index contributed by atoms with van der Waals surface area (Å²) in [5, 5.41) is 3.26. The molecule has 3 rings (SSSR count). The standard InChI is InChI=1S/C18H16N6/c1-3-5-6-8-13(4-2)24-17-14(9-7-10-19-17)15-16-18(22-11-20-15)23-12-21-16/h3-12H,1-2H2,(H,19,24)(H,20,21,22,23)/b6-5-,13-8+. The monoisotopic (exact) mass is 316 g/mol. The van der Waals surface area contributed by atoms with Crippen LogP contribution in [0.2, 0.25) is 0 Å². The van der Waals surface area contributed by atoms with E-state index in [0.717, 1.165) is 22.5 Å². The smallest absolute Gasteiger partial charge is 0.181 e. The largest absolute Gasteiger partial charge is 0.341 e. The fraction of sp³-hybridized carbons (Fsp3) is 0. The minimum absolute atomic E-state index is 0.614. The summed E-state index contributed by atoms with van der Waals surface area (Å²) in [5.74, 6) is 0.672. The summed E-state index contributed by atoms with van der Waals surface area (Å²) in [7, 11) is 0. The normalized spacial score (nSPS) is 11.8. The summed E-state index contributed by atoms with van der Waals surface area (Å²) in [4.78, 5) is 20.2. The lowest BCUT2D eigenvalue weighted by Gasteiger charge is -2.11. The van der Waals surface area contributed by atoms with Gasteiger partial charge in [-0.25, -0.2) is 19.9 Å². The number of H-pyrrole nitrogens is 1. The lowest BCUT2D eigenvalue weighted by molar-refractivity contribution is 1.19. The Balaban J connectivity index is 2.04. The van der Waals surface area contributed by atoms with Gasteiger partial charge in [0.2, 0.25) is 0 Å². The van der Waals surface area contributed by atoms with Crippen LogP contribution >= 0.6 is 0 Å². The first kappa shape index (κ1) is 15.4. The lowest BCUT2D eigenvalue weighted by Crippen LogP contribution is -2.02. The van der Waals surface area contributed by atoms with Gasteiger partial charge in [-0.05, 0) is 24.3 Å². The third-order valence-electron chi connectivity index (χ3n) is 3.29. The molecule has 24 heavy (non-hydrogen) atoms. The van der Waals surface area contributed by atoms with Crippen molar-refractivity contribution in [3.8, 4) is 11.3 Å².